The molecule has 0 aliphatic carbocycles. The number of hydrogen-bond donors (Lipinski definition) is 2. The summed E-state index contributed by atoms with van der Waals surface area (Å²) in [6.45, 7) is 5.78. The zero-order valence-electron chi connectivity index (χ0n) is 14.9. The Morgan fingerprint density at radius 2 is 2.00 bits per heavy atom. The van der Waals surface area contributed by atoms with Gasteiger partial charge < -0.3 is 10.1 Å². The number of pyridine rings is 1. The number of aliphatic hydroxyl groups is 1. The van der Waals surface area contributed by atoms with E-state index in [1.807, 2.05) is 45.4 Å². The van der Waals surface area contributed by atoms with Crippen molar-refractivity contribution in [2.75, 3.05) is 13.2 Å². The highest BCUT2D eigenvalue weighted by atomic mass is 16.3. The van der Waals surface area contributed by atoms with Crippen LogP contribution in [0.1, 0.15) is 22.4 Å². The molecule has 2 N–H and O–H groups in total. The fourth-order valence-electron chi connectivity index (χ4n) is 3.21. The van der Waals surface area contributed by atoms with Crippen molar-refractivity contribution >= 4 is 10.9 Å². The molecule has 0 bridgehead atoms. The van der Waals surface area contributed by atoms with Crippen LogP contribution in [0.15, 0.2) is 35.4 Å². The summed E-state index contributed by atoms with van der Waals surface area (Å²) in [7, 11) is 1.88. The largest absolute Gasteiger partial charge is 0.395 e. The lowest BCUT2D eigenvalue weighted by atomic mass is 10.0. The van der Waals surface area contributed by atoms with Crippen LogP contribution in [0, 0.1) is 13.8 Å². The van der Waals surface area contributed by atoms with Gasteiger partial charge in [0.2, 0.25) is 0 Å². The molecule has 0 saturated heterocycles. The molecule has 0 saturated carbocycles. The predicted molar refractivity (Wildman–Crippen MR) is 98.5 cm³/mol. The topological polar surface area (TPSA) is 74.2 Å². The maximum atomic E-state index is 12.6. The number of H-pyrrole nitrogens is 1. The first-order valence-electron chi connectivity index (χ1n) is 8.41. The van der Waals surface area contributed by atoms with E-state index in [9.17, 15) is 9.90 Å². The average Bonchev–Trinajstić information content (AvgIpc) is 2.96. The highest BCUT2D eigenvalue weighted by Crippen LogP contribution is 2.18. The van der Waals surface area contributed by atoms with Crippen LogP contribution in [0.5, 0.6) is 0 Å². The Morgan fingerprint density at radius 3 is 2.68 bits per heavy atom. The first-order chi connectivity index (χ1) is 12.0. The Labute approximate surface area is 146 Å². The molecular formula is C19H24N4O2. The highest BCUT2D eigenvalue weighted by molar-refractivity contribution is 5.84. The van der Waals surface area contributed by atoms with Crippen LogP contribution >= 0.6 is 0 Å². The molecule has 0 fully saturated rings. The predicted octanol–water partition coefficient (Wildman–Crippen LogP) is 1.87. The van der Waals surface area contributed by atoms with Crippen molar-refractivity contribution in [2.24, 2.45) is 7.05 Å². The molecule has 0 radical (unpaired) electrons. The maximum Gasteiger partial charge on any atom is 0.189 e. The zero-order chi connectivity index (χ0) is 18.0. The number of nitrogens with one attached hydrogen (secondary N) is 1. The van der Waals surface area contributed by atoms with Crippen LogP contribution in [0.2, 0.25) is 0 Å². The van der Waals surface area contributed by atoms with E-state index in [-0.39, 0.29) is 12.0 Å². The van der Waals surface area contributed by atoms with Gasteiger partial charge in [-0.25, -0.2) is 0 Å². The maximum absolute atomic E-state index is 12.6. The molecule has 0 aliphatic heterocycles. The van der Waals surface area contributed by atoms with E-state index >= 15 is 0 Å². The van der Waals surface area contributed by atoms with E-state index in [1.54, 1.807) is 10.7 Å². The Kier molecular flexibility index (Phi) is 5.01. The molecule has 6 nitrogen and oxygen atoms in total. The summed E-state index contributed by atoms with van der Waals surface area (Å²) in [4.78, 5) is 18.1. The molecule has 1 aromatic carbocycles. The van der Waals surface area contributed by atoms with Crippen molar-refractivity contribution < 1.29 is 5.11 Å². The van der Waals surface area contributed by atoms with Gasteiger partial charge in [0.25, 0.3) is 0 Å². The second-order valence-electron chi connectivity index (χ2n) is 6.56. The number of fused-ring (bicyclic) bond motifs is 1. The Balaban J connectivity index is 1.91. The lowest BCUT2D eigenvalue weighted by Crippen LogP contribution is -2.27. The van der Waals surface area contributed by atoms with E-state index in [0.717, 1.165) is 33.3 Å². The monoisotopic (exact) mass is 340 g/mol. The van der Waals surface area contributed by atoms with Gasteiger partial charge in [0.05, 0.1) is 18.3 Å². The Bertz CT molecular complexity index is 942. The normalized spacial score (nSPS) is 11.6. The smallest absolute Gasteiger partial charge is 0.189 e. The van der Waals surface area contributed by atoms with Gasteiger partial charge in [-0.1, -0.05) is 12.1 Å². The highest BCUT2D eigenvalue weighted by Gasteiger charge is 2.12. The third kappa shape index (κ3) is 3.81. The van der Waals surface area contributed by atoms with E-state index in [1.165, 1.54) is 0 Å². The molecule has 0 spiro atoms. The van der Waals surface area contributed by atoms with E-state index in [2.05, 4.69) is 15.0 Å². The fourth-order valence-corrected chi connectivity index (χ4v) is 3.21. The van der Waals surface area contributed by atoms with Gasteiger partial charge in [0, 0.05) is 55.6 Å². The number of aromatic nitrogens is 3. The number of hydrogen-bond acceptors (Lipinski definition) is 4. The molecule has 0 atom stereocenters. The molecule has 0 unspecified atom stereocenters. The summed E-state index contributed by atoms with van der Waals surface area (Å²) in [5.41, 5.74) is 4.90. The van der Waals surface area contributed by atoms with Crippen LogP contribution in [-0.2, 0) is 20.1 Å². The van der Waals surface area contributed by atoms with E-state index in [0.29, 0.717) is 19.6 Å². The molecule has 0 aliphatic rings. The first kappa shape index (κ1) is 17.4. The van der Waals surface area contributed by atoms with Crippen molar-refractivity contribution in [2.45, 2.75) is 26.9 Å². The second-order valence-corrected chi connectivity index (χ2v) is 6.56. The van der Waals surface area contributed by atoms with Crippen molar-refractivity contribution in [3.05, 3.63) is 63.2 Å². The zero-order valence-corrected chi connectivity index (χ0v) is 14.9. The lowest BCUT2D eigenvalue weighted by molar-refractivity contribution is 0.183. The molecule has 3 rings (SSSR count). The molecule has 0 amide bonds. The van der Waals surface area contributed by atoms with Crippen LogP contribution in [0.3, 0.4) is 0 Å². The molecular weight excluding hydrogens is 316 g/mol. The molecule has 6 heteroatoms. The minimum Gasteiger partial charge on any atom is -0.395 e. The summed E-state index contributed by atoms with van der Waals surface area (Å²) in [6, 6.07) is 5.67. The van der Waals surface area contributed by atoms with Gasteiger partial charge in [0.15, 0.2) is 5.43 Å². The number of aliphatic hydroxyl groups excluding tert-OH is 1. The standard InChI is InChI=1S/C19H24N4O2/c1-13-4-5-14(2)19-18(13)17(25)8-16(21-19)12-23(6-7-24)11-15-9-20-22(3)10-15/h4-5,8-10,24H,6-7,11-12H2,1-3H3,(H,21,25). The third-order valence-electron chi connectivity index (χ3n) is 4.43. The Hall–Kier alpha value is -2.44. The number of aromatic amines is 1. The molecule has 3 aromatic rings. The quantitative estimate of drug-likeness (QED) is 0.718. The molecule has 132 valence electrons. The minimum absolute atomic E-state index is 0.0373. The van der Waals surface area contributed by atoms with Gasteiger partial charge >= 0.3 is 0 Å². The summed E-state index contributed by atoms with van der Waals surface area (Å²) in [5.74, 6) is 0. The number of rotatable bonds is 6. The SMILES string of the molecule is Cc1ccc(C)c2c(=O)cc(CN(CCO)Cc3cnn(C)c3)[nH]c12. The van der Waals surface area contributed by atoms with Crippen LogP contribution in [0.25, 0.3) is 10.9 Å². The number of benzene rings is 1. The average molecular weight is 340 g/mol. The molecule has 2 aromatic heterocycles. The van der Waals surface area contributed by atoms with Crippen molar-refractivity contribution in [3.8, 4) is 0 Å². The molecule has 2 heterocycles. The van der Waals surface area contributed by atoms with Gasteiger partial charge in [-0.2, -0.15) is 5.10 Å². The van der Waals surface area contributed by atoms with Gasteiger partial charge in [-0.15, -0.1) is 0 Å². The van der Waals surface area contributed by atoms with Crippen LogP contribution < -0.4 is 5.43 Å². The third-order valence-corrected chi connectivity index (χ3v) is 4.43. The summed E-state index contributed by atoms with van der Waals surface area (Å²) in [5, 5.41) is 14.3. The summed E-state index contributed by atoms with van der Waals surface area (Å²) < 4.78 is 1.76. The van der Waals surface area contributed by atoms with Crippen molar-refractivity contribution in [1.29, 1.82) is 0 Å². The summed E-state index contributed by atoms with van der Waals surface area (Å²) >= 11 is 0. The second kappa shape index (κ2) is 7.21. The number of aryl methyl sites for hydroxylation is 3. The molecule has 25 heavy (non-hydrogen) atoms. The van der Waals surface area contributed by atoms with Gasteiger partial charge in [-0.05, 0) is 25.0 Å². The van der Waals surface area contributed by atoms with Crippen LogP contribution in [-0.4, -0.2) is 37.9 Å². The Morgan fingerprint density at radius 1 is 1.24 bits per heavy atom. The van der Waals surface area contributed by atoms with Gasteiger partial charge in [0.1, 0.15) is 0 Å². The van der Waals surface area contributed by atoms with E-state index in [4.69, 9.17) is 0 Å². The van der Waals surface area contributed by atoms with Gasteiger partial charge in [-0.3, -0.25) is 14.4 Å². The van der Waals surface area contributed by atoms with Crippen molar-refractivity contribution in [1.82, 2.24) is 19.7 Å². The lowest BCUT2D eigenvalue weighted by Gasteiger charge is -2.21. The van der Waals surface area contributed by atoms with Crippen LogP contribution in [0.4, 0.5) is 0 Å². The summed E-state index contributed by atoms with van der Waals surface area (Å²) in [6.07, 6.45) is 3.78. The first-order valence-corrected chi connectivity index (χ1v) is 8.41. The van der Waals surface area contributed by atoms with Crippen molar-refractivity contribution in [3.63, 3.8) is 0 Å². The minimum atomic E-state index is 0.0373. The van der Waals surface area contributed by atoms with E-state index < -0.39 is 0 Å². The number of nitrogens with zero attached hydrogens (tertiary/aromatic N) is 3. The fraction of sp³-hybridized carbons (Fsp3) is 0.368.